The van der Waals surface area contributed by atoms with E-state index >= 15 is 0 Å². The second kappa shape index (κ2) is 5.19. The first-order valence-electron chi connectivity index (χ1n) is 5.37. The van der Waals surface area contributed by atoms with Crippen molar-refractivity contribution in [3.05, 3.63) is 33.1 Å². The summed E-state index contributed by atoms with van der Waals surface area (Å²) in [4.78, 5) is 26.2. The number of thiazole rings is 1. The molecule has 0 aliphatic heterocycles. The van der Waals surface area contributed by atoms with Gasteiger partial charge in [0.2, 0.25) is 0 Å². The van der Waals surface area contributed by atoms with Crippen LogP contribution < -0.4 is 5.32 Å². The number of aromatic carboxylic acids is 1. The Hall–Kier alpha value is -2.22. The molecule has 0 bridgehead atoms. The second-order valence-corrected chi connectivity index (χ2v) is 4.69. The molecule has 1 amide bonds. The number of carbonyl (C=O) groups excluding carboxylic acids is 1. The fourth-order valence-corrected chi connectivity index (χ4v) is 2.18. The highest BCUT2D eigenvalue weighted by Crippen LogP contribution is 2.13. The summed E-state index contributed by atoms with van der Waals surface area (Å²) in [5.74, 6) is -0.929. The van der Waals surface area contributed by atoms with Gasteiger partial charge in [0, 0.05) is 17.5 Å². The Morgan fingerprint density at radius 2 is 2.21 bits per heavy atom. The highest BCUT2D eigenvalue weighted by Gasteiger charge is 2.16. The van der Waals surface area contributed by atoms with Crippen molar-refractivity contribution in [3.63, 3.8) is 0 Å². The van der Waals surface area contributed by atoms with Gasteiger partial charge in [-0.25, -0.2) is 9.78 Å². The second-order valence-electron chi connectivity index (χ2n) is 3.83. The lowest BCUT2D eigenvalue weighted by Crippen LogP contribution is -2.23. The predicted octanol–water partition coefficient (Wildman–Crippen LogP) is 1.38. The molecule has 0 saturated heterocycles. The first-order valence-corrected chi connectivity index (χ1v) is 6.25. The molecular weight excluding hydrogens is 270 g/mol. The highest BCUT2D eigenvalue weighted by atomic mass is 32.1. The molecule has 0 saturated carbocycles. The quantitative estimate of drug-likeness (QED) is 0.877. The minimum absolute atomic E-state index is 0.115. The maximum absolute atomic E-state index is 11.8. The zero-order valence-electron chi connectivity index (χ0n) is 10.3. The minimum Gasteiger partial charge on any atom is -0.476 e. The zero-order valence-corrected chi connectivity index (χ0v) is 11.1. The van der Waals surface area contributed by atoms with Crippen molar-refractivity contribution < 1.29 is 19.2 Å². The number of hydrogen-bond donors (Lipinski definition) is 2. The zero-order chi connectivity index (χ0) is 14.0. The Bertz CT molecular complexity index is 612. The molecule has 2 rings (SSSR count). The molecule has 100 valence electrons. The molecule has 2 aromatic rings. The molecule has 2 aromatic heterocycles. The van der Waals surface area contributed by atoms with Gasteiger partial charge < -0.3 is 14.9 Å². The monoisotopic (exact) mass is 281 g/mol. The van der Waals surface area contributed by atoms with E-state index in [9.17, 15) is 9.59 Å². The predicted molar refractivity (Wildman–Crippen MR) is 66.2 cm³/mol. The van der Waals surface area contributed by atoms with Gasteiger partial charge in [0.1, 0.15) is 5.76 Å². The third-order valence-electron chi connectivity index (χ3n) is 2.52. The van der Waals surface area contributed by atoms with Crippen molar-refractivity contribution >= 4 is 23.2 Å². The number of carbonyl (C=O) groups is 2. The number of nitrogens with zero attached hydrogens (tertiary/aromatic N) is 2. The van der Waals surface area contributed by atoms with Crippen LogP contribution in [-0.4, -0.2) is 27.1 Å². The number of carboxylic acids is 1. The number of carboxylic acid groups (broad SMARTS) is 1. The molecule has 0 fully saturated rings. The fourth-order valence-electron chi connectivity index (χ4n) is 1.47. The Labute approximate surface area is 112 Å². The van der Waals surface area contributed by atoms with Gasteiger partial charge >= 0.3 is 5.97 Å². The summed E-state index contributed by atoms with van der Waals surface area (Å²) in [6.07, 6.45) is 0. The van der Waals surface area contributed by atoms with Crippen molar-refractivity contribution in [2.75, 3.05) is 0 Å². The third kappa shape index (κ3) is 2.79. The van der Waals surface area contributed by atoms with E-state index in [1.165, 1.54) is 5.38 Å². The summed E-state index contributed by atoms with van der Waals surface area (Å²) < 4.78 is 4.98. The van der Waals surface area contributed by atoms with E-state index in [4.69, 9.17) is 9.63 Å². The Morgan fingerprint density at radius 1 is 1.47 bits per heavy atom. The van der Waals surface area contributed by atoms with Crippen LogP contribution in [0, 0.1) is 13.8 Å². The van der Waals surface area contributed by atoms with E-state index in [0.29, 0.717) is 11.5 Å². The first-order chi connectivity index (χ1) is 8.99. The van der Waals surface area contributed by atoms with Crippen molar-refractivity contribution in [3.8, 4) is 0 Å². The Morgan fingerprint density at radius 3 is 2.74 bits per heavy atom. The molecule has 0 spiro atoms. The van der Waals surface area contributed by atoms with Crippen LogP contribution in [0.5, 0.6) is 0 Å². The summed E-state index contributed by atoms with van der Waals surface area (Å²) in [7, 11) is 0. The minimum atomic E-state index is -1.15. The molecular formula is C11H11N3O4S. The van der Waals surface area contributed by atoms with Crippen LogP contribution in [0.25, 0.3) is 0 Å². The van der Waals surface area contributed by atoms with Crippen molar-refractivity contribution in [2.45, 2.75) is 20.4 Å². The molecule has 0 radical (unpaired) electrons. The van der Waals surface area contributed by atoms with Crippen LogP contribution in [0.15, 0.2) is 9.90 Å². The highest BCUT2D eigenvalue weighted by molar-refractivity contribution is 7.11. The molecule has 0 aliphatic carbocycles. The fraction of sp³-hybridized carbons (Fsp3) is 0.273. The summed E-state index contributed by atoms with van der Waals surface area (Å²) in [5.41, 5.74) is 1.39. The average Bonchev–Trinajstić information content (AvgIpc) is 2.95. The molecule has 0 aromatic carbocycles. The van der Waals surface area contributed by atoms with Gasteiger partial charge in [0.05, 0.1) is 5.69 Å². The number of nitrogens with one attached hydrogen (secondary N) is 1. The summed E-state index contributed by atoms with van der Waals surface area (Å²) in [6, 6.07) is 0. The lowest BCUT2D eigenvalue weighted by molar-refractivity contribution is 0.0691. The van der Waals surface area contributed by atoms with Crippen LogP contribution in [0.2, 0.25) is 0 Å². The van der Waals surface area contributed by atoms with E-state index in [1.807, 2.05) is 0 Å². The van der Waals surface area contributed by atoms with E-state index in [2.05, 4.69) is 15.5 Å². The van der Waals surface area contributed by atoms with E-state index in [0.717, 1.165) is 16.9 Å². The first kappa shape index (κ1) is 13.2. The van der Waals surface area contributed by atoms with Crippen molar-refractivity contribution in [1.29, 1.82) is 0 Å². The average molecular weight is 281 g/mol. The lowest BCUT2D eigenvalue weighted by Gasteiger charge is -2.01. The molecule has 7 nitrogen and oxygen atoms in total. The van der Waals surface area contributed by atoms with Crippen LogP contribution in [0.4, 0.5) is 0 Å². The maximum Gasteiger partial charge on any atom is 0.355 e. The number of hydrogen-bond acceptors (Lipinski definition) is 6. The topological polar surface area (TPSA) is 105 Å². The molecule has 8 heteroatoms. The normalized spacial score (nSPS) is 10.4. The lowest BCUT2D eigenvalue weighted by atomic mass is 10.2. The van der Waals surface area contributed by atoms with Crippen LogP contribution >= 0.6 is 11.3 Å². The molecule has 0 aliphatic rings. The molecule has 0 unspecified atom stereocenters. The largest absolute Gasteiger partial charge is 0.476 e. The van der Waals surface area contributed by atoms with Crippen LogP contribution in [0.3, 0.4) is 0 Å². The van der Waals surface area contributed by atoms with Gasteiger partial charge in [-0.05, 0) is 13.8 Å². The number of aromatic nitrogens is 2. The van der Waals surface area contributed by atoms with Gasteiger partial charge in [-0.3, -0.25) is 4.79 Å². The van der Waals surface area contributed by atoms with Crippen molar-refractivity contribution in [2.24, 2.45) is 0 Å². The van der Waals surface area contributed by atoms with Gasteiger partial charge in [-0.1, -0.05) is 5.16 Å². The molecule has 0 atom stereocenters. The molecule has 2 heterocycles. The third-order valence-corrected chi connectivity index (χ3v) is 3.37. The standard InChI is InChI=1S/C11H11N3O4S/c1-5-7(6(2)18-14-5)3-12-9(15)10-13-8(4-19-10)11(16)17/h4H,3H2,1-2H3,(H,12,15)(H,16,17). The van der Waals surface area contributed by atoms with Crippen molar-refractivity contribution in [1.82, 2.24) is 15.5 Å². The Kier molecular flexibility index (Phi) is 3.61. The van der Waals surface area contributed by atoms with Crippen LogP contribution in [-0.2, 0) is 6.54 Å². The van der Waals surface area contributed by atoms with Gasteiger partial charge in [-0.2, -0.15) is 0 Å². The van der Waals surface area contributed by atoms with E-state index < -0.39 is 11.9 Å². The molecule has 19 heavy (non-hydrogen) atoms. The van der Waals surface area contributed by atoms with Gasteiger partial charge in [0.25, 0.3) is 5.91 Å². The number of aryl methyl sites for hydroxylation is 2. The summed E-state index contributed by atoms with van der Waals surface area (Å²) >= 11 is 0.989. The van der Waals surface area contributed by atoms with Crippen LogP contribution in [0.1, 0.15) is 37.3 Å². The number of rotatable bonds is 4. The van der Waals surface area contributed by atoms with Gasteiger partial charge in [-0.15, -0.1) is 11.3 Å². The SMILES string of the molecule is Cc1noc(C)c1CNC(=O)c1nc(C(=O)O)cs1. The smallest absolute Gasteiger partial charge is 0.355 e. The molecule has 2 N–H and O–H groups in total. The Balaban J connectivity index is 2.03. The summed E-state index contributed by atoms with van der Waals surface area (Å²) in [6.45, 7) is 3.80. The number of amides is 1. The van der Waals surface area contributed by atoms with Gasteiger partial charge in [0.15, 0.2) is 10.7 Å². The van der Waals surface area contributed by atoms with E-state index in [-0.39, 0.29) is 17.2 Å². The maximum atomic E-state index is 11.8. The van der Waals surface area contributed by atoms with E-state index in [1.54, 1.807) is 13.8 Å². The summed E-state index contributed by atoms with van der Waals surface area (Å²) in [5, 5.41) is 16.6.